The van der Waals surface area contributed by atoms with Crippen LogP contribution in [-0.2, 0) is 14.3 Å². The number of anilines is 3. The molecule has 2 aromatic rings. The fraction of sp³-hybridized carbons (Fsp3) is 0.318. The second kappa shape index (κ2) is 9.54. The summed E-state index contributed by atoms with van der Waals surface area (Å²) >= 11 is 1.21. The highest BCUT2D eigenvalue weighted by atomic mass is 32.2. The number of amides is 1. The van der Waals surface area contributed by atoms with Crippen LogP contribution >= 0.6 is 11.9 Å². The molecule has 1 fully saturated rings. The molecule has 2 unspecified atom stereocenters. The van der Waals surface area contributed by atoms with Gasteiger partial charge in [0.2, 0.25) is 5.91 Å². The molecule has 4 N–H and O–H groups in total. The number of carboxylic acid groups (broad SMARTS) is 1. The third-order valence-electron chi connectivity index (χ3n) is 5.96. The first-order valence-corrected chi connectivity index (χ1v) is 11.8. The van der Waals surface area contributed by atoms with Crippen molar-refractivity contribution >= 4 is 47.3 Å². The molecule has 0 bridgehead atoms. The molecule has 0 spiro atoms. The normalized spacial score (nSPS) is 21.0. The number of fused-ring (bicyclic) bond motifs is 1. The molecule has 2 aromatic heterocycles. The third kappa shape index (κ3) is 4.35. The van der Waals surface area contributed by atoms with E-state index in [9.17, 15) is 19.8 Å². The monoisotopic (exact) mass is 513 g/mol. The van der Waals surface area contributed by atoms with Crippen molar-refractivity contribution in [2.24, 2.45) is 10.9 Å². The Morgan fingerprint density at radius 2 is 2.00 bits per heavy atom. The highest BCUT2D eigenvalue weighted by molar-refractivity contribution is 7.98. The number of carbonyl (C=O) groups excluding carboxylic acids is 1. The zero-order chi connectivity index (χ0) is 25.4. The number of amidine groups is 1. The lowest BCUT2D eigenvalue weighted by molar-refractivity contribution is -0.133. The van der Waals surface area contributed by atoms with Gasteiger partial charge in [0.25, 0.3) is 6.02 Å². The summed E-state index contributed by atoms with van der Waals surface area (Å²) in [5.74, 6) is 0.366. The SMILES string of the molecule is COC1=NC(N2C=C(C(=O)O)C(O)c3ccc(N4CC(C(=O)Nc5ccc(OC)cn5)C4)nc32)SN1. The van der Waals surface area contributed by atoms with Gasteiger partial charge in [-0.1, -0.05) is 0 Å². The minimum atomic E-state index is -1.34. The maximum absolute atomic E-state index is 12.6. The highest BCUT2D eigenvalue weighted by Gasteiger charge is 2.38. The largest absolute Gasteiger partial charge is 0.495 e. The highest BCUT2D eigenvalue weighted by Crippen LogP contribution is 2.40. The summed E-state index contributed by atoms with van der Waals surface area (Å²) in [6.45, 7) is 0.885. The first-order valence-electron chi connectivity index (χ1n) is 10.9. The molecule has 36 heavy (non-hydrogen) atoms. The van der Waals surface area contributed by atoms with Crippen molar-refractivity contribution in [2.75, 3.05) is 42.4 Å². The maximum atomic E-state index is 12.6. The number of nitrogens with zero attached hydrogens (tertiary/aromatic N) is 5. The number of carbonyl (C=O) groups is 2. The van der Waals surface area contributed by atoms with Crippen LogP contribution in [0.3, 0.4) is 0 Å². The zero-order valence-electron chi connectivity index (χ0n) is 19.3. The Labute approximate surface area is 210 Å². The molecule has 5 heterocycles. The lowest BCUT2D eigenvalue weighted by Gasteiger charge is -2.40. The molecule has 3 aliphatic heterocycles. The molecule has 13 nitrogen and oxygen atoms in total. The van der Waals surface area contributed by atoms with E-state index in [4.69, 9.17) is 14.5 Å². The van der Waals surface area contributed by atoms with Gasteiger partial charge >= 0.3 is 5.97 Å². The Kier molecular flexibility index (Phi) is 6.28. The Hall–Kier alpha value is -4.04. The summed E-state index contributed by atoms with van der Waals surface area (Å²) in [5, 5.41) is 23.0. The van der Waals surface area contributed by atoms with Crippen LogP contribution in [0.1, 0.15) is 11.7 Å². The van der Waals surface area contributed by atoms with Crippen LogP contribution in [0.4, 0.5) is 17.5 Å². The van der Waals surface area contributed by atoms with Gasteiger partial charge in [0, 0.05) is 36.8 Å². The van der Waals surface area contributed by atoms with Crippen LogP contribution in [0.2, 0.25) is 0 Å². The lowest BCUT2D eigenvalue weighted by atomic mass is 9.97. The number of methoxy groups -OCH3 is 2. The van der Waals surface area contributed by atoms with Gasteiger partial charge in [-0.05, 0) is 24.3 Å². The lowest BCUT2D eigenvalue weighted by Crippen LogP contribution is -2.52. The van der Waals surface area contributed by atoms with E-state index in [1.165, 1.54) is 31.5 Å². The molecular weight excluding hydrogens is 490 g/mol. The summed E-state index contributed by atoms with van der Waals surface area (Å²) in [6, 6.07) is 7.03. The van der Waals surface area contributed by atoms with Crippen molar-refractivity contribution in [3.05, 3.63) is 47.8 Å². The average molecular weight is 514 g/mol. The molecule has 3 aliphatic rings. The molecule has 0 radical (unpaired) electrons. The topological polar surface area (TPSA) is 162 Å². The van der Waals surface area contributed by atoms with Gasteiger partial charge in [-0.2, -0.15) is 4.99 Å². The van der Waals surface area contributed by atoms with Crippen molar-refractivity contribution in [3.8, 4) is 5.75 Å². The van der Waals surface area contributed by atoms with E-state index in [0.717, 1.165) is 0 Å². The minimum absolute atomic E-state index is 0.150. The van der Waals surface area contributed by atoms with E-state index < -0.39 is 17.6 Å². The Balaban J connectivity index is 1.32. The zero-order valence-corrected chi connectivity index (χ0v) is 20.1. The van der Waals surface area contributed by atoms with E-state index >= 15 is 0 Å². The molecular formula is C22H23N7O6S. The summed E-state index contributed by atoms with van der Waals surface area (Å²) < 4.78 is 13.1. The molecule has 14 heteroatoms. The van der Waals surface area contributed by atoms with Gasteiger partial charge < -0.3 is 29.9 Å². The number of aliphatic carboxylic acids is 1. The van der Waals surface area contributed by atoms with Gasteiger partial charge in [-0.15, -0.1) is 0 Å². The Morgan fingerprint density at radius 1 is 1.19 bits per heavy atom. The number of pyridine rings is 2. The van der Waals surface area contributed by atoms with Crippen LogP contribution in [-0.4, -0.2) is 70.9 Å². The van der Waals surface area contributed by atoms with Crippen molar-refractivity contribution < 1.29 is 29.3 Å². The first kappa shape index (κ1) is 23.7. The van der Waals surface area contributed by atoms with E-state index in [1.54, 1.807) is 36.3 Å². The molecule has 5 rings (SSSR count). The number of carboxylic acids is 1. The molecule has 0 saturated carbocycles. The van der Waals surface area contributed by atoms with Crippen LogP contribution in [0, 0.1) is 5.92 Å². The Morgan fingerprint density at radius 3 is 2.64 bits per heavy atom. The van der Waals surface area contributed by atoms with Gasteiger partial charge in [-0.3, -0.25) is 14.4 Å². The number of nitrogens with one attached hydrogen (secondary N) is 2. The van der Waals surface area contributed by atoms with Crippen molar-refractivity contribution in [2.45, 2.75) is 11.6 Å². The molecule has 2 atom stereocenters. The van der Waals surface area contributed by atoms with Crippen molar-refractivity contribution in [3.63, 3.8) is 0 Å². The van der Waals surface area contributed by atoms with E-state index in [2.05, 4.69) is 20.0 Å². The summed E-state index contributed by atoms with van der Waals surface area (Å²) in [5.41, 5.74) is -0.428. The average Bonchev–Trinajstić information content (AvgIpc) is 3.33. The van der Waals surface area contributed by atoms with Crippen LogP contribution in [0.25, 0.3) is 0 Å². The van der Waals surface area contributed by atoms with E-state index in [0.29, 0.717) is 47.9 Å². The summed E-state index contributed by atoms with van der Waals surface area (Å²) in [4.78, 5) is 41.1. The van der Waals surface area contributed by atoms with E-state index in [-0.39, 0.29) is 17.4 Å². The number of aliphatic hydroxyl groups is 1. The molecule has 1 saturated heterocycles. The van der Waals surface area contributed by atoms with Gasteiger partial charge in [0.15, 0.2) is 5.50 Å². The minimum Gasteiger partial charge on any atom is -0.495 e. The summed E-state index contributed by atoms with van der Waals surface area (Å²) in [7, 11) is 3.01. The van der Waals surface area contributed by atoms with Crippen molar-refractivity contribution in [1.82, 2.24) is 14.7 Å². The second-order valence-electron chi connectivity index (χ2n) is 8.14. The number of aromatic nitrogens is 2. The van der Waals surface area contributed by atoms with Gasteiger partial charge in [-0.25, -0.2) is 14.8 Å². The molecule has 1 amide bonds. The van der Waals surface area contributed by atoms with E-state index in [1.807, 2.05) is 4.90 Å². The number of hydrogen-bond acceptors (Lipinski definition) is 12. The van der Waals surface area contributed by atoms with Crippen LogP contribution in [0.5, 0.6) is 5.75 Å². The fourth-order valence-electron chi connectivity index (χ4n) is 3.94. The number of hydrogen-bond donors (Lipinski definition) is 4. The Bertz CT molecular complexity index is 1250. The second-order valence-corrected chi connectivity index (χ2v) is 9.00. The number of ether oxygens (including phenoxy) is 2. The van der Waals surface area contributed by atoms with Crippen molar-refractivity contribution in [1.29, 1.82) is 0 Å². The standard InChI is InChI=1S/C22H23N7O6S/c1-34-12-3-5-15(23-7-12)24-19(31)11-8-28(9-11)16-6-4-13-17(30)14(20(32)33)10-29(18(13)25-16)22-26-21(35-2)27-36-22/h3-7,10-11,17,22,30H,8-9H2,1-2H3,(H,26,27)(H,32,33)(H,23,24,31). The smallest absolute Gasteiger partial charge is 0.336 e. The number of rotatable bonds is 6. The third-order valence-corrected chi connectivity index (χ3v) is 6.80. The molecule has 0 aromatic carbocycles. The number of aliphatic imine (C=N–C) groups is 1. The van der Waals surface area contributed by atoms with Gasteiger partial charge in [0.05, 0.1) is 31.9 Å². The van der Waals surface area contributed by atoms with Gasteiger partial charge in [0.1, 0.15) is 29.3 Å². The molecule has 0 aliphatic carbocycles. The fourth-order valence-corrected chi connectivity index (χ4v) is 4.70. The molecule has 188 valence electrons. The first-order chi connectivity index (χ1) is 17.4. The summed E-state index contributed by atoms with van der Waals surface area (Å²) in [6.07, 6.45) is 1.52. The van der Waals surface area contributed by atoms with Crippen LogP contribution in [0.15, 0.2) is 47.2 Å². The predicted molar refractivity (Wildman–Crippen MR) is 131 cm³/mol. The van der Waals surface area contributed by atoms with Crippen LogP contribution < -0.4 is 24.6 Å². The quantitative estimate of drug-likeness (QED) is 0.405. The maximum Gasteiger partial charge on any atom is 0.336 e. The number of aliphatic hydroxyl groups excluding tert-OH is 1. The predicted octanol–water partition coefficient (Wildman–Crippen LogP) is 0.919.